The highest BCUT2D eigenvalue weighted by Crippen LogP contribution is 2.37. The summed E-state index contributed by atoms with van der Waals surface area (Å²) in [5.74, 6) is 1.31. The SMILES string of the molecule is COCCN(c1cc(OC)c(OC)cc1N)C(C)C. The van der Waals surface area contributed by atoms with Crippen LogP contribution in [0, 0.1) is 0 Å². The lowest BCUT2D eigenvalue weighted by Gasteiger charge is -2.30. The minimum Gasteiger partial charge on any atom is -0.493 e. The van der Waals surface area contributed by atoms with E-state index in [1.54, 1.807) is 27.4 Å². The molecule has 0 aromatic heterocycles. The van der Waals surface area contributed by atoms with Gasteiger partial charge in [0, 0.05) is 31.8 Å². The Kier molecular flexibility index (Phi) is 5.76. The van der Waals surface area contributed by atoms with Crippen molar-refractivity contribution in [3.63, 3.8) is 0 Å². The van der Waals surface area contributed by atoms with E-state index in [0.717, 1.165) is 12.2 Å². The number of nitrogens with two attached hydrogens (primary N) is 1. The molecule has 0 radical (unpaired) electrons. The van der Waals surface area contributed by atoms with Crippen molar-refractivity contribution in [1.82, 2.24) is 0 Å². The highest BCUT2D eigenvalue weighted by molar-refractivity contribution is 5.73. The smallest absolute Gasteiger partial charge is 0.162 e. The Morgan fingerprint density at radius 3 is 2.16 bits per heavy atom. The molecule has 5 nitrogen and oxygen atoms in total. The van der Waals surface area contributed by atoms with E-state index in [2.05, 4.69) is 18.7 Å². The van der Waals surface area contributed by atoms with Gasteiger partial charge in [0.1, 0.15) is 0 Å². The first kappa shape index (κ1) is 15.4. The van der Waals surface area contributed by atoms with Crippen LogP contribution in [0.15, 0.2) is 12.1 Å². The molecule has 1 aromatic carbocycles. The normalized spacial score (nSPS) is 10.6. The van der Waals surface area contributed by atoms with Crippen molar-refractivity contribution < 1.29 is 14.2 Å². The molecule has 19 heavy (non-hydrogen) atoms. The largest absolute Gasteiger partial charge is 0.493 e. The summed E-state index contributed by atoms with van der Waals surface area (Å²) in [6.07, 6.45) is 0. The standard InChI is InChI=1S/C14H24N2O3/c1-10(2)16(6-7-17-3)12-9-14(19-5)13(18-4)8-11(12)15/h8-10H,6-7,15H2,1-5H3. The Morgan fingerprint density at radius 1 is 1.11 bits per heavy atom. The number of hydrogen-bond donors (Lipinski definition) is 1. The van der Waals surface area contributed by atoms with Crippen LogP contribution in [0.4, 0.5) is 11.4 Å². The average molecular weight is 268 g/mol. The topological polar surface area (TPSA) is 57.0 Å². The summed E-state index contributed by atoms with van der Waals surface area (Å²) in [6.45, 7) is 5.65. The van der Waals surface area contributed by atoms with Crippen molar-refractivity contribution in [1.29, 1.82) is 0 Å². The van der Waals surface area contributed by atoms with Gasteiger partial charge < -0.3 is 24.8 Å². The molecule has 108 valence electrons. The Bertz CT molecular complexity index is 408. The van der Waals surface area contributed by atoms with Gasteiger partial charge in [-0.15, -0.1) is 0 Å². The predicted molar refractivity (Wildman–Crippen MR) is 78.3 cm³/mol. The van der Waals surface area contributed by atoms with Crippen molar-refractivity contribution in [2.45, 2.75) is 19.9 Å². The molecule has 5 heteroatoms. The lowest BCUT2D eigenvalue weighted by atomic mass is 10.2. The molecule has 0 aliphatic rings. The fourth-order valence-corrected chi connectivity index (χ4v) is 1.98. The second-order valence-electron chi connectivity index (χ2n) is 4.55. The molecule has 0 unspecified atom stereocenters. The molecule has 0 aliphatic carbocycles. The fraction of sp³-hybridized carbons (Fsp3) is 0.571. The van der Waals surface area contributed by atoms with Gasteiger partial charge in [0.25, 0.3) is 0 Å². The first-order chi connectivity index (χ1) is 9.04. The number of nitrogen functional groups attached to an aromatic ring is 1. The molecule has 0 amide bonds. The lowest BCUT2D eigenvalue weighted by Crippen LogP contribution is -2.34. The number of benzene rings is 1. The molecule has 0 bridgehead atoms. The first-order valence-corrected chi connectivity index (χ1v) is 6.32. The molecule has 1 rings (SSSR count). The van der Waals surface area contributed by atoms with Crippen molar-refractivity contribution in [3.8, 4) is 11.5 Å². The van der Waals surface area contributed by atoms with Crippen LogP contribution in [-0.4, -0.2) is 40.5 Å². The molecule has 0 heterocycles. The summed E-state index contributed by atoms with van der Waals surface area (Å²) in [5, 5.41) is 0. The van der Waals surface area contributed by atoms with E-state index < -0.39 is 0 Å². The minimum absolute atomic E-state index is 0.315. The molecule has 0 aliphatic heterocycles. The zero-order valence-corrected chi connectivity index (χ0v) is 12.4. The van der Waals surface area contributed by atoms with E-state index in [0.29, 0.717) is 29.8 Å². The Balaban J connectivity index is 3.15. The van der Waals surface area contributed by atoms with Crippen LogP contribution < -0.4 is 20.1 Å². The third-order valence-corrected chi connectivity index (χ3v) is 3.00. The zero-order valence-electron chi connectivity index (χ0n) is 12.4. The first-order valence-electron chi connectivity index (χ1n) is 6.32. The van der Waals surface area contributed by atoms with Crippen LogP contribution in [0.3, 0.4) is 0 Å². The van der Waals surface area contributed by atoms with Crippen molar-refractivity contribution in [2.75, 3.05) is 45.1 Å². The maximum atomic E-state index is 6.11. The summed E-state index contributed by atoms with van der Waals surface area (Å²) in [6, 6.07) is 4.01. The van der Waals surface area contributed by atoms with E-state index in [4.69, 9.17) is 19.9 Å². The van der Waals surface area contributed by atoms with Gasteiger partial charge in [-0.05, 0) is 13.8 Å². The number of ether oxygens (including phenoxy) is 3. The zero-order chi connectivity index (χ0) is 14.4. The van der Waals surface area contributed by atoms with Gasteiger partial charge >= 0.3 is 0 Å². The van der Waals surface area contributed by atoms with Crippen molar-refractivity contribution in [2.24, 2.45) is 0 Å². The number of methoxy groups -OCH3 is 3. The van der Waals surface area contributed by atoms with Crippen LogP contribution in [0.1, 0.15) is 13.8 Å². The average Bonchev–Trinajstić information content (AvgIpc) is 2.39. The molecule has 0 saturated heterocycles. The maximum Gasteiger partial charge on any atom is 0.162 e. The van der Waals surface area contributed by atoms with Gasteiger partial charge in [-0.25, -0.2) is 0 Å². The maximum absolute atomic E-state index is 6.11. The van der Waals surface area contributed by atoms with Gasteiger partial charge in [0.15, 0.2) is 11.5 Å². The minimum atomic E-state index is 0.315. The van der Waals surface area contributed by atoms with E-state index in [-0.39, 0.29) is 0 Å². The summed E-state index contributed by atoms with van der Waals surface area (Å²) in [7, 11) is 4.91. The molecular weight excluding hydrogens is 244 g/mol. The quantitative estimate of drug-likeness (QED) is 0.768. The van der Waals surface area contributed by atoms with E-state index in [1.807, 2.05) is 6.07 Å². The van der Waals surface area contributed by atoms with Crippen LogP contribution in [-0.2, 0) is 4.74 Å². The number of nitrogens with zero attached hydrogens (tertiary/aromatic N) is 1. The number of anilines is 2. The van der Waals surface area contributed by atoms with Crippen molar-refractivity contribution >= 4 is 11.4 Å². The lowest BCUT2D eigenvalue weighted by molar-refractivity contribution is 0.204. The summed E-state index contributed by atoms with van der Waals surface area (Å²) in [4.78, 5) is 2.18. The van der Waals surface area contributed by atoms with E-state index in [1.165, 1.54) is 0 Å². The summed E-state index contributed by atoms with van der Waals surface area (Å²) < 4.78 is 15.7. The molecule has 2 N–H and O–H groups in total. The van der Waals surface area contributed by atoms with Gasteiger partial charge in [0.2, 0.25) is 0 Å². The van der Waals surface area contributed by atoms with Gasteiger partial charge in [-0.2, -0.15) is 0 Å². The van der Waals surface area contributed by atoms with Gasteiger partial charge in [-0.3, -0.25) is 0 Å². The van der Waals surface area contributed by atoms with Crippen LogP contribution in [0.25, 0.3) is 0 Å². The van der Waals surface area contributed by atoms with Crippen LogP contribution >= 0.6 is 0 Å². The monoisotopic (exact) mass is 268 g/mol. The van der Waals surface area contributed by atoms with Crippen molar-refractivity contribution in [3.05, 3.63) is 12.1 Å². The Hall–Kier alpha value is -1.62. The second-order valence-corrected chi connectivity index (χ2v) is 4.55. The van der Waals surface area contributed by atoms with Crippen LogP contribution in [0.5, 0.6) is 11.5 Å². The summed E-state index contributed by atoms with van der Waals surface area (Å²) >= 11 is 0. The number of rotatable bonds is 7. The Morgan fingerprint density at radius 2 is 1.68 bits per heavy atom. The molecular formula is C14H24N2O3. The molecule has 1 aromatic rings. The summed E-state index contributed by atoms with van der Waals surface area (Å²) in [5.41, 5.74) is 7.72. The molecule has 0 fully saturated rings. The Labute approximate surface area is 115 Å². The van der Waals surface area contributed by atoms with Gasteiger partial charge in [-0.1, -0.05) is 0 Å². The van der Waals surface area contributed by atoms with E-state index in [9.17, 15) is 0 Å². The molecule has 0 saturated carbocycles. The third kappa shape index (κ3) is 3.67. The molecule has 0 atom stereocenters. The highest BCUT2D eigenvalue weighted by atomic mass is 16.5. The van der Waals surface area contributed by atoms with Crippen LogP contribution in [0.2, 0.25) is 0 Å². The second kappa shape index (κ2) is 7.09. The predicted octanol–water partition coefficient (Wildman–Crippen LogP) is 2.15. The fourth-order valence-electron chi connectivity index (χ4n) is 1.98. The number of hydrogen-bond acceptors (Lipinski definition) is 5. The van der Waals surface area contributed by atoms with Gasteiger partial charge in [0.05, 0.1) is 32.2 Å². The molecule has 0 spiro atoms. The van der Waals surface area contributed by atoms with E-state index >= 15 is 0 Å². The highest BCUT2D eigenvalue weighted by Gasteiger charge is 2.17. The third-order valence-electron chi connectivity index (χ3n) is 3.00.